The van der Waals surface area contributed by atoms with Gasteiger partial charge in [0.1, 0.15) is 0 Å². The number of rotatable bonds is 5. The highest BCUT2D eigenvalue weighted by molar-refractivity contribution is 7.12. The molecule has 1 atom stereocenters. The average Bonchev–Trinajstić information content (AvgIpc) is 2.95. The van der Waals surface area contributed by atoms with E-state index >= 15 is 0 Å². The predicted octanol–water partition coefficient (Wildman–Crippen LogP) is 4.60. The van der Waals surface area contributed by atoms with Crippen molar-refractivity contribution in [2.45, 2.75) is 26.9 Å². The number of ether oxygens (including phenoxy) is 1. The van der Waals surface area contributed by atoms with Gasteiger partial charge in [0.15, 0.2) is 6.10 Å². The molecule has 0 spiro atoms. The van der Waals surface area contributed by atoms with Crippen molar-refractivity contribution in [2.75, 3.05) is 5.32 Å². The highest BCUT2D eigenvalue weighted by Gasteiger charge is 2.17. The summed E-state index contributed by atoms with van der Waals surface area (Å²) in [6, 6.07) is 9.12. The molecule has 0 aliphatic carbocycles. The van der Waals surface area contributed by atoms with Crippen molar-refractivity contribution in [1.82, 2.24) is 0 Å². The molecule has 0 saturated heterocycles. The molecule has 1 amide bonds. The van der Waals surface area contributed by atoms with Gasteiger partial charge in [-0.25, -0.2) is 4.79 Å². The molecule has 1 N–H and O–H groups in total. The summed E-state index contributed by atoms with van der Waals surface area (Å²) >= 11 is 7.59. The third-order valence-corrected chi connectivity index (χ3v) is 4.71. The van der Waals surface area contributed by atoms with Crippen LogP contribution < -0.4 is 5.32 Å². The lowest BCUT2D eigenvalue weighted by molar-refractivity contribution is -0.148. The Kier molecular flexibility index (Phi) is 6.17. The van der Waals surface area contributed by atoms with Gasteiger partial charge in [-0.2, -0.15) is 0 Å². The van der Waals surface area contributed by atoms with Crippen molar-refractivity contribution < 1.29 is 14.3 Å². The molecule has 2 rings (SSSR count). The molecule has 0 aliphatic heterocycles. The van der Waals surface area contributed by atoms with Gasteiger partial charge in [-0.3, -0.25) is 4.79 Å². The fourth-order valence-electron chi connectivity index (χ4n) is 1.94. The van der Waals surface area contributed by atoms with Gasteiger partial charge < -0.3 is 10.1 Å². The molecule has 0 bridgehead atoms. The fraction of sp³-hybridized carbons (Fsp3) is 0.222. The van der Waals surface area contributed by atoms with Crippen molar-refractivity contribution in [2.24, 2.45) is 0 Å². The van der Waals surface area contributed by atoms with Crippen LogP contribution in [0.2, 0.25) is 5.02 Å². The monoisotopic (exact) mass is 363 g/mol. The van der Waals surface area contributed by atoms with E-state index in [1.54, 1.807) is 42.5 Å². The number of nitrogens with one attached hydrogen (secondary N) is 1. The third kappa shape index (κ3) is 4.94. The van der Waals surface area contributed by atoms with E-state index in [-0.39, 0.29) is 0 Å². The maximum Gasteiger partial charge on any atom is 0.331 e. The molecule has 0 saturated carbocycles. The van der Waals surface area contributed by atoms with Crippen LogP contribution in [0.15, 0.2) is 36.4 Å². The number of carbonyl (C=O) groups is 2. The number of esters is 1. The van der Waals surface area contributed by atoms with Gasteiger partial charge >= 0.3 is 5.97 Å². The van der Waals surface area contributed by atoms with Gasteiger partial charge in [0, 0.05) is 26.5 Å². The zero-order valence-corrected chi connectivity index (χ0v) is 15.2. The summed E-state index contributed by atoms with van der Waals surface area (Å²) in [5, 5.41) is 3.27. The molecule has 126 valence electrons. The van der Waals surface area contributed by atoms with Crippen LogP contribution in [0.5, 0.6) is 0 Å². The van der Waals surface area contributed by atoms with E-state index in [0.29, 0.717) is 10.7 Å². The van der Waals surface area contributed by atoms with Crippen LogP contribution in [0.25, 0.3) is 6.08 Å². The summed E-state index contributed by atoms with van der Waals surface area (Å²) in [6.45, 7) is 5.32. The Morgan fingerprint density at radius 3 is 2.67 bits per heavy atom. The summed E-state index contributed by atoms with van der Waals surface area (Å²) in [4.78, 5) is 26.1. The average molecular weight is 364 g/mol. The Morgan fingerprint density at radius 1 is 1.25 bits per heavy atom. The molecule has 2 aromatic rings. The lowest BCUT2D eigenvalue weighted by Crippen LogP contribution is -2.29. The molecule has 0 aliphatic rings. The lowest BCUT2D eigenvalue weighted by atomic mass is 10.2. The van der Waals surface area contributed by atoms with Crippen LogP contribution in [-0.4, -0.2) is 18.0 Å². The highest BCUT2D eigenvalue weighted by atomic mass is 35.5. The van der Waals surface area contributed by atoms with Gasteiger partial charge in [-0.1, -0.05) is 17.7 Å². The summed E-state index contributed by atoms with van der Waals surface area (Å²) < 4.78 is 5.12. The maximum atomic E-state index is 12.1. The van der Waals surface area contributed by atoms with E-state index < -0.39 is 18.0 Å². The first-order valence-corrected chi connectivity index (χ1v) is 8.57. The number of anilines is 1. The number of hydrogen-bond acceptors (Lipinski definition) is 4. The molecular formula is C18H18ClNO3S. The first kappa shape index (κ1) is 18.2. The Morgan fingerprint density at radius 2 is 2.00 bits per heavy atom. The Bertz CT molecular complexity index is 782. The van der Waals surface area contributed by atoms with Crippen molar-refractivity contribution >= 4 is 46.6 Å². The fourth-order valence-corrected chi connectivity index (χ4v) is 2.89. The predicted molar refractivity (Wildman–Crippen MR) is 98.5 cm³/mol. The van der Waals surface area contributed by atoms with Crippen LogP contribution >= 0.6 is 22.9 Å². The molecule has 24 heavy (non-hydrogen) atoms. The van der Waals surface area contributed by atoms with Crippen LogP contribution in [-0.2, 0) is 14.3 Å². The van der Waals surface area contributed by atoms with Gasteiger partial charge in [0.2, 0.25) is 0 Å². The minimum Gasteiger partial charge on any atom is -0.449 e. The summed E-state index contributed by atoms with van der Waals surface area (Å²) in [5.74, 6) is -0.972. The molecule has 1 aromatic carbocycles. The van der Waals surface area contributed by atoms with Gasteiger partial charge in [0.05, 0.1) is 0 Å². The molecule has 1 aromatic heterocycles. The normalized spacial score (nSPS) is 12.2. The minimum atomic E-state index is -0.911. The first-order chi connectivity index (χ1) is 11.4. The number of halogens is 1. The third-order valence-electron chi connectivity index (χ3n) is 3.33. The van der Waals surface area contributed by atoms with E-state index in [0.717, 1.165) is 15.3 Å². The second kappa shape index (κ2) is 8.13. The second-order valence-corrected chi connectivity index (χ2v) is 6.99. The first-order valence-electron chi connectivity index (χ1n) is 7.38. The largest absolute Gasteiger partial charge is 0.449 e. The topological polar surface area (TPSA) is 55.4 Å². The molecule has 0 fully saturated rings. The van der Waals surface area contributed by atoms with E-state index in [4.69, 9.17) is 16.3 Å². The number of amides is 1. The zero-order chi connectivity index (χ0) is 17.7. The maximum absolute atomic E-state index is 12.1. The molecule has 0 radical (unpaired) electrons. The number of carbonyl (C=O) groups excluding carboxylic acids is 2. The van der Waals surface area contributed by atoms with Gasteiger partial charge in [-0.15, -0.1) is 11.3 Å². The van der Waals surface area contributed by atoms with E-state index in [1.807, 2.05) is 19.1 Å². The quantitative estimate of drug-likeness (QED) is 0.623. The van der Waals surface area contributed by atoms with E-state index in [2.05, 4.69) is 5.32 Å². The van der Waals surface area contributed by atoms with Gasteiger partial charge in [0.25, 0.3) is 5.91 Å². The SMILES string of the molecule is Cc1ccc(/C=C/C(=O)O[C@@H](C)C(=O)Nc2cccc(Cl)c2C)s1. The van der Waals surface area contributed by atoms with Crippen molar-refractivity contribution in [3.8, 4) is 0 Å². The lowest BCUT2D eigenvalue weighted by Gasteiger charge is -2.14. The van der Waals surface area contributed by atoms with E-state index in [9.17, 15) is 9.59 Å². The summed E-state index contributed by atoms with van der Waals surface area (Å²) in [7, 11) is 0. The molecular weight excluding hydrogens is 346 g/mol. The molecule has 1 heterocycles. The Balaban J connectivity index is 1.92. The van der Waals surface area contributed by atoms with Crippen LogP contribution in [0.4, 0.5) is 5.69 Å². The van der Waals surface area contributed by atoms with E-state index in [1.165, 1.54) is 13.0 Å². The smallest absolute Gasteiger partial charge is 0.331 e. The Hall–Kier alpha value is -2.11. The number of thiophene rings is 1. The zero-order valence-electron chi connectivity index (χ0n) is 13.6. The van der Waals surface area contributed by atoms with Crippen molar-refractivity contribution in [3.05, 3.63) is 56.7 Å². The van der Waals surface area contributed by atoms with Crippen molar-refractivity contribution in [1.29, 1.82) is 0 Å². The molecule has 6 heteroatoms. The Labute approximate surface area is 150 Å². The molecule has 4 nitrogen and oxygen atoms in total. The number of benzene rings is 1. The number of aryl methyl sites for hydroxylation is 1. The number of hydrogen-bond donors (Lipinski definition) is 1. The highest BCUT2D eigenvalue weighted by Crippen LogP contribution is 2.23. The minimum absolute atomic E-state index is 0.408. The van der Waals surface area contributed by atoms with Crippen LogP contribution in [0.3, 0.4) is 0 Å². The van der Waals surface area contributed by atoms with Crippen molar-refractivity contribution in [3.63, 3.8) is 0 Å². The second-order valence-electron chi connectivity index (χ2n) is 5.26. The van der Waals surface area contributed by atoms with Gasteiger partial charge in [-0.05, 0) is 56.7 Å². The van der Waals surface area contributed by atoms with Crippen LogP contribution in [0.1, 0.15) is 22.2 Å². The summed E-state index contributed by atoms with van der Waals surface area (Å²) in [5.41, 5.74) is 1.36. The standard InChI is InChI=1S/C18H18ClNO3S/c1-11-7-8-14(24-11)9-10-17(21)23-13(3)18(22)20-16-6-4-5-15(19)12(16)2/h4-10,13H,1-3H3,(H,20,22)/b10-9+/t13-/m0/s1. The molecule has 0 unspecified atom stereocenters. The summed E-state index contributed by atoms with van der Waals surface area (Å²) in [6.07, 6.45) is 2.08. The van der Waals surface area contributed by atoms with Crippen LogP contribution in [0, 0.1) is 13.8 Å².